The van der Waals surface area contributed by atoms with Gasteiger partial charge in [0.2, 0.25) is 0 Å². The average molecular weight is 265 g/mol. The van der Waals surface area contributed by atoms with Gasteiger partial charge in [0.1, 0.15) is 0 Å². The van der Waals surface area contributed by atoms with Crippen molar-refractivity contribution in [2.24, 2.45) is 11.8 Å². The van der Waals surface area contributed by atoms with E-state index in [9.17, 15) is 0 Å². The van der Waals surface area contributed by atoms with Crippen LogP contribution in [0.5, 0.6) is 0 Å². The fourth-order valence-corrected chi connectivity index (χ4v) is 4.37. The van der Waals surface area contributed by atoms with Gasteiger partial charge >= 0.3 is 0 Å². The van der Waals surface area contributed by atoms with Crippen LogP contribution >= 0.6 is 0 Å². The van der Waals surface area contributed by atoms with Crippen molar-refractivity contribution < 1.29 is 0 Å². The standard InChI is InChI=1S/C18H35N/c1-2-15-19-18(16-11-7-3-4-8-12-16)17-13-9-5-6-10-14-17/h16-19H,2-15H2,1H3. The van der Waals surface area contributed by atoms with Gasteiger partial charge in [-0.3, -0.25) is 0 Å². The summed E-state index contributed by atoms with van der Waals surface area (Å²) < 4.78 is 0. The lowest BCUT2D eigenvalue weighted by Gasteiger charge is -2.34. The Bertz CT molecular complexity index is 190. The summed E-state index contributed by atoms with van der Waals surface area (Å²) in [6.07, 6.45) is 19.2. The van der Waals surface area contributed by atoms with Crippen LogP contribution < -0.4 is 5.32 Å². The molecule has 0 heterocycles. The molecule has 0 unspecified atom stereocenters. The lowest BCUT2D eigenvalue weighted by Crippen LogP contribution is -2.42. The van der Waals surface area contributed by atoms with E-state index in [2.05, 4.69) is 12.2 Å². The van der Waals surface area contributed by atoms with Crippen molar-refractivity contribution in [2.75, 3.05) is 6.54 Å². The first kappa shape index (κ1) is 15.4. The molecule has 19 heavy (non-hydrogen) atoms. The molecule has 112 valence electrons. The van der Waals surface area contributed by atoms with E-state index in [4.69, 9.17) is 0 Å². The summed E-state index contributed by atoms with van der Waals surface area (Å²) in [6.45, 7) is 3.54. The Hall–Kier alpha value is -0.0400. The molecule has 0 aromatic carbocycles. The van der Waals surface area contributed by atoms with Gasteiger partial charge in [0.05, 0.1) is 0 Å². The van der Waals surface area contributed by atoms with Gasteiger partial charge in [-0.1, -0.05) is 58.3 Å². The van der Waals surface area contributed by atoms with Crippen LogP contribution in [0.15, 0.2) is 0 Å². The van der Waals surface area contributed by atoms with Gasteiger partial charge in [-0.15, -0.1) is 0 Å². The molecule has 2 saturated carbocycles. The third-order valence-corrected chi connectivity index (χ3v) is 5.45. The zero-order valence-corrected chi connectivity index (χ0v) is 13.1. The van der Waals surface area contributed by atoms with Gasteiger partial charge in [0.15, 0.2) is 0 Å². The maximum absolute atomic E-state index is 3.96. The maximum atomic E-state index is 3.96. The molecule has 2 fully saturated rings. The summed E-state index contributed by atoms with van der Waals surface area (Å²) in [5, 5.41) is 3.96. The van der Waals surface area contributed by atoms with Crippen molar-refractivity contribution in [3.8, 4) is 0 Å². The first-order chi connectivity index (χ1) is 9.42. The van der Waals surface area contributed by atoms with Gasteiger partial charge < -0.3 is 5.32 Å². The fraction of sp³-hybridized carbons (Fsp3) is 1.00. The molecule has 0 aromatic heterocycles. The highest BCUT2D eigenvalue weighted by Crippen LogP contribution is 2.34. The minimum atomic E-state index is 0.844. The molecule has 2 aliphatic carbocycles. The van der Waals surface area contributed by atoms with Crippen LogP contribution in [-0.2, 0) is 0 Å². The quantitative estimate of drug-likeness (QED) is 0.665. The van der Waals surface area contributed by atoms with Crippen molar-refractivity contribution in [3.05, 3.63) is 0 Å². The van der Waals surface area contributed by atoms with E-state index in [-0.39, 0.29) is 0 Å². The summed E-state index contributed by atoms with van der Waals surface area (Å²) in [6, 6.07) is 0.844. The lowest BCUT2D eigenvalue weighted by atomic mass is 9.80. The molecular weight excluding hydrogens is 230 g/mol. The molecule has 0 aliphatic heterocycles. The van der Waals surface area contributed by atoms with Gasteiger partial charge in [0, 0.05) is 6.04 Å². The molecule has 0 radical (unpaired) electrons. The molecule has 2 aliphatic rings. The van der Waals surface area contributed by atoms with Crippen LogP contribution in [0.4, 0.5) is 0 Å². The Balaban J connectivity index is 1.95. The smallest absolute Gasteiger partial charge is 0.0124 e. The SMILES string of the molecule is CCCNC(C1CCCCCC1)C1CCCCCC1. The van der Waals surface area contributed by atoms with E-state index >= 15 is 0 Å². The second kappa shape index (κ2) is 9.00. The molecule has 1 heteroatoms. The molecule has 1 N–H and O–H groups in total. The highest BCUT2D eigenvalue weighted by molar-refractivity contribution is 4.85. The largest absolute Gasteiger partial charge is 0.313 e. The predicted molar refractivity (Wildman–Crippen MR) is 84.5 cm³/mol. The number of hydrogen-bond acceptors (Lipinski definition) is 1. The van der Waals surface area contributed by atoms with Gasteiger partial charge in [0.25, 0.3) is 0 Å². The second-order valence-electron chi connectivity index (χ2n) is 6.98. The maximum Gasteiger partial charge on any atom is 0.0124 e. The highest BCUT2D eigenvalue weighted by atomic mass is 14.9. The Morgan fingerprint density at radius 3 is 1.53 bits per heavy atom. The van der Waals surface area contributed by atoms with Gasteiger partial charge in [-0.2, -0.15) is 0 Å². The van der Waals surface area contributed by atoms with E-state index in [0.717, 1.165) is 17.9 Å². The zero-order valence-electron chi connectivity index (χ0n) is 13.1. The average Bonchev–Trinajstić information content (AvgIpc) is 2.84. The van der Waals surface area contributed by atoms with E-state index in [0.29, 0.717) is 0 Å². The lowest BCUT2D eigenvalue weighted by molar-refractivity contribution is 0.218. The summed E-state index contributed by atoms with van der Waals surface area (Å²) >= 11 is 0. The molecule has 0 amide bonds. The van der Waals surface area contributed by atoms with Crippen molar-refractivity contribution in [2.45, 2.75) is 96.4 Å². The summed E-state index contributed by atoms with van der Waals surface area (Å²) in [5.41, 5.74) is 0. The Morgan fingerprint density at radius 1 is 0.737 bits per heavy atom. The first-order valence-electron chi connectivity index (χ1n) is 9.15. The van der Waals surface area contributed by atoms with Crippen LogP contribution in [0.3, 0.4) is 0 Å². The monoisotopic (exact) mass is 265 g/mol. The second-order valence-corrected chi connectivity index (χ2v) is 6.98. The summed E-state index contributed by atoms with van der Waals surface area (Å²) in [5.74, 6) is 1.97. The Labute approximate surface area is 120 Å². The van der Waals surface area contributed by atoms with E-state index < -0.39 is 0 Å². The normalized spacial score (nSPS) is 24.3. The van der Waals surface area contributed by atoms with Crippen molar-refractivity contribution in [1.82, 2.24) is 5.32 Å². The van der Waals surface area contributed by atoms with E-state index in [1.807, 2.05) is 0 Å². The zero-order chi connectivity index (χ0) is 13.3. The van der Waals surface area contributed by atoms with Crippen LogP contribution in [-0.4, -0.2) is 12.6 Å². The van der Waals surface area contributed by atoms with E-state index in [1.54, 1.807) is 0 Å². The van der Waals surface area contributed by atoms with Crippen molar-refractivity contribution >= 4 is 0 Å². The first-order valence-corrected chi connectivity index (χ1v) is 9.15. The van der Waals surface area contributed by atoms with Crippen molar-refractivity contribution in [3.63, 3.8) is 0 Å². The van der Waals surface area contributed by atoms with Crippen LogP contribution in [0.2, 0.25) is 0 Å². The molecule has 0 spiro atoms. The number of hydrogen-bond donors (Lipinski definition) is 1. The minimum Gasteiger partial charge on any atom is -0.313 e. The Kier molecular flexibility index (Phi) is 7.27. The molecule has 1 nitrogen and oxygen atoms in total. The Morgan fingerprint density at radius 2 is 1.16 bits per heavy atom. The molecule has 0 bridgehead atoms. The third-order valence-electron chi connectivity index (χ3n) is 5.45. The minimum absolute atomic E-state index is 0.844. The van der Waals surface area contributed by atoms with E-state index in [1.165, 1.54) is 90.0 Å². The molecule has 2 rings (SSSR count). The number of rotatable bonds is 5. The molecule has 0 aromatic rings. The third kappa shape index (κ3) is 5.10. The summed E-state index contributed by atoms with van der Waals surface area (Å²) in [7, 11) is 0. The van der Waals surface area contributed by atoms with Crippen molar-refractivity contribution in [1.29, 1.82) is 0 Å². The highest BCUT2D eigenvalue weighted by Gasteiger charge is 2.29. The molecule has 0 atom stereocenters. The van der Waals surface area contributed by atoms with Crippen LogP contribution in [0, 0.1) is 11.8 Å². The fourth-order valence-electron chi connectivity index (χ4n) is 4.37. The molecule has 0 saturated heterocycles. The summed E-state index contributed by atoms with van der Waals surface area (Å²) in [4.78, 5) is 0. The van der Waals surface area contributed by atoms with Crippen LogP contribution in [0.25, 0.3) is 0 Å². The topological polar surface area (TPSA) is 12.0 Å². The number of nitrogens with one attached hydrogen (secondary N) is 1. The van der Waals surface area contributed by atoms with Gasteiger partial charge in [-0.25, -0.2) is 0 Å². The predicted octanol–water partition coefficient (Wildman–Crippen LogP) is 5.30. The van der Waals surface area contributed by atoms with Gasteiger partial charge in [-0.05, 0) is 50.5 Å². The van der Waals surface area contributed by atoms with Crippen LogP contribution in [0.1, 0.15) is 90.4 Å². The molecular formula is C18H35N.